The molecule has 2 nitrogen and oxygen atoms in total. The summed E-state index contributed by atoms with van der Waals surface area (Å²) in [6.07, 6.45) is 0.111. The average molecular weight is 188 g/mol. The van der Waals surface area contributed by atoms with Gasteiger partial charge in [0.1, 0.15) is 5.60 Å². The molecule has 1 rings (SSSR count). The van der Waals surface area contributed by atoms with Crippen molar-refractivity contribution in [2.24, 2.45) is 0 Å². The Morgan fingerprint density at radius 1 is 1.45 bits per heavy atom. The van der Waals surface area contributed by atoms with Crippen LogP contribution in [0.15, 0.2) is 0 Å². The van der Waals surface area contributed by atoms with E-state index in [2.05, 4.69) is 5.32 Å². The van der Waals surface area contributed by atoms with Crippen molar-refractivity contribution in [3.8, 4) is 0 Å². The molecule has 1 heterocycles. The van der Waals surface area contributed by atoms with Gasteiger partial charge in [-0.3, -0.25) is 0 Å². The lowest BCUT2D eigenvalue weighted by atomic mass is 9.91. The second-order valence-electron chi connectivity index (χ2n) is 2.91. The van der Waals surface area contributed by atoms with E-state index in [0.717, 1.165) is 0 Å². The van der Waals surface area contributed by atoms with Crippen LogP contribution in [0.1, 0.15) is 13.3 Å². The fourth-order valence-corrected chi connectivity index (χ4v) is 0.950. The van der Waals surface area contributed by atoms with Crippen molar-refractivity contribution < 1.29 is 13.9 Å². The first-order chi connectivity index (χ1) is 4.46. The molecule has 1 atom stereocenters. The van der Waals surface area contributed by atoms with Crippen molar-refractivity contribution >= 4 is 12.4 Å². The van der Waals surface area contributed by atoms with Gasteiger partial charge in [0, 0.05) is 0 Å². The number of aliphatic hydroxyl groups is 1. The molecule has 11 heavy (non-hydrogen) atoms. The molecule has 0 radical (unpaired) electrons. The highest BCUT2D eigenvalue weighted by molar-refractivity contribution is 5.85. The molecule has 0 saturated carbocycles. The molecule has 0 aromatic rings. The van der Waals surface area contributed by atoms with Crippen LogP contribution in [0, 0.1) is 0 Å². The van der Waals surface area contributed by atoms with Crippen molar-refractivity contribution in [3.05, 3.63) is 0 Å². The Labute approximate surface area is 70.4 Å². The van der Waals surface area contributed by atoms with E-state index in [1.54, 1.807) is 0 Å². The van der Waals surface area contributed by atoms with Gasteiger partial charge in [-0.1, -0.05) is 0 Å². The molecule has 0 spiro atoms. The standard InChI is InChI=1S/C6H11F2NO.ClH/c1-5(10)2-3-9-4-6(5,7)8;/h9-10H,2-4H2,1H3;1H. The topological polar surface area (TPSA) is 32.3 Å². The van der Waals surface area contributed by atoms with Crippen LogP contribution in [0.3, 0.4) is 0 Å². The Hall–Kier alpha value is 0.0700. The number of hydrogen-bond acceptors (Lipinski definition) is 2. The minimum absolute atomic E-state index is 0. The number of hydrogen-bond donors (Lipinski definition) is 2. The normalized spacial score (nSPS) is 36.0. The van der Waals surface area contributed by atoms with Gasteiger partial charge in [0.05, 0.1) is 6.54 Å². The third-order valence-corrected chi connectivity index (χ3v) is 1.92. The molecule has 0 amide bonds. The number of nitrogens with one attached hydrogen (secondary N) is 1. The molecule has 1 aliphatic heterocycles. The summed E-state index contributed by atoms with van der Waals surface area (Å²) in [4.78, 5) is 0. The second kappa shape index (κ2) is 3.21. The minimum atomic E-state index is -2.98. The SMILES string of the molecule is CC1(O)CCNCC1(F)F.Cl. The molecule has 1 fully saturated rings. The van der Waals surface area contributed by atoms with Gasteiger partial charge in [0.2, 0.25) is 0 Å². The molecule has 0 aliphatic carbocycles. The maximum absolute atomic E-state index is 12.7. The molecule has 2 N–H and O–H groups in total. The zero-order valence-corrected chi connectivity index (χ0v) is 7.05. The molecule has 68 valence electrons. The quantitative estimate of drug-likeness (QED) is 0.588. The first-order valence-corrected chi connectivity index (χ1v) is 3.27. The highest BCUT2D eigenvalue weighted by atomic mass is 35.5. The summed E-state index contributed by atoms with van der Waals surface area (Å²) in [6.45, 7) is 1.22. The predicted octanol–water partition coefficient (Wildman–Crippen LogP) is 0.788. The molecule has 1 saturated heterocycles. The summed E-state index contributed by atoms with van der Waals surface area (Å²) in [7, 11) is 0. The summed E-state index contributed by atoms with van der Waals surface area (Å²) >= 11 is 0. The Bertz CT molecular complexity index is 125. The van der Waals surface area contributed by atoms with Crippen molar-refractivity contribution in [3.63, 3.8) is 0 Å². The van der Waals surface area contributed by atoms with Crippen LogP contribution in [0.4, 0.5) is 8.78 Å². The molecule has 1 aliphatic rings. The van der Waals surface area contributed by atoms with E-state index in [-0.39, 0.29) is 18.8 Å². The maximum Gasteiger partial charge on any atom is 0.288 e. The zero-order valence-electron chi connectivity index (χ0n) is 6.23. The fraction of sp³-hybridized carbons (Fsp3) is 1.00. The van der Waals surface area contributed by atoms with E-state index >= 15 is 0 Å². The lowest BCUT2D eigenvalue weighted by molar-refractivity contribution is -0.183. The van der Waals surface area contributed by atoms with Crippen molar-refractivity contribution in [1.29, 1.82) is 0 Å². The summed E-state index contributed by atoms with van der Waals surface area (Å²) in [5, 5.41) is 11.6. The summed E-state index contributed by atoms with van der Waals surface area (Å²) < 4.78 is 25.3. The van der Waals surface area contributed by atoms with Crippen LogP contribution in [-0.4, -0.2) is 29.7 Å². The number of piperidine rings is 1. The van der Waals surface area contributed by atoms with Gasteiger partial charge in [0.15, 0.2) is 0 Å². The van der Waals surface area contributed by atoms with Crippen molar-refractivity contribution in [1.82, 2.24) is 5.32 Å². The summed E-state index contributed by atoms with van der Waals surface area (Å²) in [6, 6.07) is 0. The van der Waals surface area contributed by atoms with Crippen LogP contribution in [0.5, 0.6) is 0 Å². The van der Waals surface area contributed by atoms with Gasteiger partial charge in [0.25, 0.3) is 5.92 Å². The van der Waals surface area contributed by atoms with E-state index in [0.29, 0.717) is 6.54 Å². The monoisotopic (exact) mass is 187 g/mol. The predicted molar refractivity (Wildman–Crippen MR) is 40.3 cm³/mol. The van der Waals surface area contributed by atoms with Gasteiger partial charge in [-0.05, 0) is 19.9 Å². The van der Waals surface area contributed by atoms with Crippen LogP contribution in [0.2, 0.25) is 0 Å². The fourth-order valence-electron chi connectivity index (χ4n) is 0.950. The van der Waals surface area contributed by atoms with E-state index in [1.165, 1.54) is 6.92 Å². The van der Waals surface area contributed by atoms with Gasteiger partial charge in [-0.15, -0.1) is 12.4 Å². The molecular weight excluding hydrogens is 176 g/mol. The van der Waals surface area contributed by atoms with Gasteiger partial charge in [-0.2, -0.15) is 0 Å². The average Bonchev–Trinajstić information content (AvgIpc) is 1.77. The lowest BCUT2D eigenvalue weighted by Crippen LogP contribution is -2.57. The van der Waals surface area contributed by atoms with E-state index in [1.807, 2.05) is 0 Å². The second-order valence-corrected chi connectivity index (χ2v) is 2.91. The van der Waals surface area contributed by atoms with E-state index in [9.17, 15) is 8.78 Å². The maximum atomic E-state index is 12.7. The van der Waals surface area contributed by atoms with Crippen molar-refractivity contribution in [2.75, 3.05) is 13.1 Å². The zero-order chi connectivity index (χ0) is 7.83. The number of halogens is 3. The highest BCUT2D eigenvalue weighted by Gasteiger charge is 2.50. The smallest absolute Gasteiger partial charge is 0.288 e. The minimum Gasteiger partial charge on any atom is -0.384 e. The molecule has 5 heteroatoms. The third kappa shape index (κ3) is 2.01. The first-order valence-electron chi connectivity index (χ1n) is 3.27. The molecule has 0 bridgehead atoms. The Kier molecular flexibility index (Phi) is 3.23. The number of rotatable bonds is 0. The van der Waals surface area contributed by atoms with Crippen LogP contribution in [-0.2, 0) is 0 Å². The van der Waals surface area contributed by atoms with Crippen LogP contribution in [0.25, 0.3) is 0 Å². The van der Waals surface area contributed by atoms with E-state index in [4.69, 9.17) is 5.11 Å². The van der Waals surface area contributed by atoms with Crippen LogP contribution >= 0.6 is 12.4 Å². The Balaban J connectivity index is 0.000001000. The molecule has 0 aromatic carbocycles. The van der Waals surface area contributed by atoms with Gasteiger partial charge in [-0.25, -0.2) is 8.78 Å². The Morgan fingerprint density at radius 3 is 2.27 bits per heavy atom. The molecule has 0 aromatic heterocycles. The first kappa shape index (κ1) is 11.1. The van der Waals surface area contributed by atoms with Crippen molar-refractivity contribution in [2.45, 2.75) is 24.9 Å². The Morgan fingerprint density at radius 2 is 2.00 bits per heavy atom. The van der Waals surface area contributed by atoms with Gasteiger partial charge < -0.3 is 10.4 Å². The van der Waals surface area contributed by atoms with Crippen LogP contribution < -0.4 is 5.32 Å². The molecular formula is C6H12ClF2NO. The number of alkyl halides is 2. The third-order valence-electron chi connectivity index (χ3n) is 1.92. The van der Waals surface area contributed by atoms with Gasteiger partial charge >= 0.3 is 0 Å². The molecule has 1 unspecified atom stereocenters. The summed E-state index contributed by atoms with van der Waals surface area (Å²) in [5.41, 5.74) is -1.82. The highest BCUT2D eigenvalue weighted by Crippen LogP contribution is 2.32. The van der Waals surface area contributed by atoms with E-state index < -0.39 is 18.1 Å². The largest absolute Gasteiger partial charge is 0.384 e. The summed E-state index contributed by atoms with van der Waals surface area (Å²) in [5.74, 6) is -2.98. The lowest BCUT2D eigenvalue weighted by Gasteiger charge is -2.36.